The topological polar surface area (TPSA) is 72.8 Å². The Morgan fingerprint density at radius 3 is 3.00 bits per heavy atom. The highest BCUT2D eigenvalue weighted by Gasteiger charge is 2.05. The number of hydrogen-bond donors (Lipinski definition) is 1. The number of nitrogens with one attached hydrogen (secondary N) is 1. The summed E-state index contributed by atoms with van der Waals surface area (Å²) in [6.45, 7) is 0.502. The number of anilines is 1. The van der Waals surface area contributed by atoms with Crippen LogP contribution in [0, 0.1) is 0 Å². The van der Waals surface area contributed by atoms with Crippen LogP contribution in [0.15, 0.2) is 24.8 Å². The lowest BCUT2D eigenvalue weighted by atomic mass is 10.4. The van der Waals surface area contributed by atoms with E-state index < -0.39 is 0 Å². The lowest BCUT2D eigenvalue weighted by Crippen LogP contribution is -2.05. The van der Waals surface area contributed by atoms with Crippen LogP contribution in [-0.2, 0) is 6.54 Å². The number of methoxy groups -OCH3 is 1. The maximum absolute atomic E-state index is 5.94. The maximum atomic E-state index is 5.94. The van der Waals surface area contributed by atoms with Gasteiger partial charge in [0.2, 0.25) is 0 Å². The average molecular weight is 252 g/mol. The van der Waals surface area contributed by atoms with E-state index in [4.69, 9.17) is 16.3 Å². The molecule has 7 heteroatoms. The maximum Gasteiger partial charge on any atom is 0.318 e. The molecule has 2 aromatic rings. The van der Waals surface area contributed by atoms with Crippen LogP contribution in [0.1, 0.15) is 5.69 Å². The molecule has 0 aliphatic carbocycles. The Hall–Kier alpha value is -1.95. The first-order chi connectivity index (χ1) is 8.29. The summed E-state index contributed by atoms with van der Waals surface area (Å²) < 4.78 is 4.92. The van der Waals surface area contributed by atoms with E-state index in [1.165, 1.54) is 19.6 Å². The minimum absolute atomic E-state index is 0.264. The number of ether oxygens (including phenoxy) is 1. The normalized spacial score (nSPS) is 10.0. The van der Waals surface area contributed by atoms with Crippen LogP contribution in [0.5, 0.6) is 6.01 Å². The second-order valence-electron chi connectivity index (χ2n) is 3.11. The zero-order valence-corrected chi connectivity index (χ0v) is 9.85. The van der Waals surface area contributed by atoms with Crippen molar-refractivity contribution in [2.45, 2.75) is 6.54 Å². The molecule has 17 heavy (non-hydrogen) atoms. The van der Waals surface area contributed by atoms with Gasteiger partial charge in [-0.1, -0.05) is 11.6 Å². The predicted molar refractivity (Wildman–Crippen MR) is 63.0 cm³/mol. The highest BCUT2D eigenvalue weighted by atomic mass is 35.5. The summed E-state index contributed by atoms with van der Waals surface area (Å²) in [7, 11) is 1.50. The van der Waals surface area contributed by atoms with Crippen molar-refractivity contribution in [3.63, 3.8) is 0 Å². The Morgan fingerprint density at radius 1 is 1.41 bits per heavy atom. The first-order valence-electron chi connectivity index (χ1n) is 4.85. The van der Waals surface area contributed by atoms with Crippen LogP contribution in [0.3, 0.4) is 0 Å². The van der Waals surface area contributed by atoms with Gasteiger partial charge in [-0.05, 0) is 6.07 Å². The molecule has 0 fully saturated rings. The van der Waals surface area contributed by atoms with Crippen LogP contribution in [-0.4, -0.2) is 27.0 Å². The molecular formula is C10H10ClN5O. The quantitative estimate of drug-likeness (QED) is 0.889. The predicted octanol–water partition coefficient (Wildman–Crippen LogP) is 1.54. The van der Waals surface area contributed by atoms with Gasteiger partial charge in [0.25, 0.3) is 0 Å². The van der Waals surface area contributed by atoms with Crippen molar-refractivity contribution in [2.24, 2.45) is 0 Å². The van der Waals surface area contributed by atoms with Crippen molar-refractivity contribution in [3.05, 3.63) is 35.5 Å². The highest BCUT2D eigenvalue weighted by molar-refractivity contribution is 6.32. The number of nitrogens with zero attached hydrogens (tertiary/aromatic N) is 4. The van der Waals surface area contributed by atoms with Crippen LogP contribution < -0.4 is 10.1 Å². The van der Waals surface area contributed by atoms with E-state index in [0.717, 1.165) is 5.69 Å². The van der Waals surface area contributed by atoms with Gasteiger partial charge >= 0.3 is 6.01 Å². The smallest absolute Gasteiger partial charge is 0.318 e. The van der Waals surface area contributed by atoms with Gasteiger partial charge < -0.3 is 10.1 Å². The summed E-state index contributed by atoms with van der Waals surface area (Å²) in [5, 5.41) is 3.48. The van der Waals surface area contributed by atoms with Crippen molar-refractivity contribution in [3.8, 4) is 6.01 Å². The van der Waals surface area contributed by atoms with Crippen LogP contribution in [0.2, 0.25) is 5.02 Å². The van der Waals surface area contributed by atoms with Gasteiger partial charge in [-0.3, -0.25) is 0 Å². The van der Waals surface area contributed by atoms with E-state index in [1.54, 1.807) is 12.3 Å². The molecule has 88 valence electrons. The molecule has 2 rings (SSSR count). The molecule has 0 amide bonds. The third-order valence-electron chi connectivity index (χ3n) is 1.98. The monoisotopic (exact) mass is 251 g/mol. The lowest BCUT2D eigenvalue weighted by molar-refractivity contribution is 0.380. The van der Waals surface area contributed by atoms with Crippen molar-refractivity contribution in [1.82, 2.24) is 19.9 Å². The Kier molecular flexibility index (Phi) is 3.66. The molecule has 1 N–H and O–H groups in total. The molecule has 0 aliphatic rings. The molecule has 0 atom stereocenters. The summed E-state index contributed by atoms with van der Waals surface area (Å²) in [6, 6.07) is 2.07. The zero-order valence-electron chi connectivity index (χ0n) is 9.09. The van der Waals surface area contributed by atoms with Gasteiger partial charge in [-0.2, -0.15) is 4.98 Å². The molecule has 2 heterocycles. The molecule has 0 spiro atoms. The first kappa shape index (κ1) is 11.5. The van der Waals surface area contributed by atoms with Gasteiger partial charge in [-0.15, -0.1) is 0 Å². The summed E-state index contributed by atoms with van der Waals surface area (Å²) in [5.74, 6) is 0.511. The molecule has 0 saturated carbocycles. The van der Waals surface area contributed by atoms with Crippen LogP contribution in [0.4, 0.5) is 5.82 Å². The molecule has 0 saturated heterocycles. The van der Waals surface area contributed by atoms with Crippen molar-refractivity contribution in [2.75, 3.05) is 12.4 Å². The average Bonchev–Trinajstić information content (AvgIpc) is 2.39. The Labute approximate surface area is 103 Å². The molecule has 0 aromatic carbocycles. The SMILES string of the molecule is COc1ncc(Cl)c(NCc2ccncn2)n1. The molecule has 0 bridgehead atoms. The lowest BCUT2D eigenvalue weighted by Gasteiger charge is -2.07. The van der Waals surface area contributed by atoms with Crippen LogP contribution >= 0.6 is 11.6 Å². The summed E-state index contributed by atoms with van der Waals surface area (Å²) in [4.78, 5) is 15.9. The van der Waals surface area contributed by atoms with Gasteiger partial charge in [0.15, 0.2) is 5.82 Å². The number of hydrogen-bond acceptors (Lipinski definition) is 6. The summed E-state index contributed by atoms with van der Waals surface area (Å²) >= 11 is 5.94. The molecular weight excluding hydrogens is 242 g/mol. The van der Waals surface area contributed by atoms with E-state index in [-0.39, 0.29) is 6.01 Å². The molecule has 0 unspecified atom stereocenters. The number of halogens is 1. The summed E-state index contributed by atoms with van der Waals surface area (Å²) in [6.07, 6.45) is 4.64. The van der Waals surface area contributed by atoms with Crippen molar-refractivity contribution < 1.29 is 4.74 Å². The fraction of sp³-hybridized carbons (Fsp3) is 0.200. The van der Waals surface area contributed by atoms with Crippen molar-refractivity contribution in [1.29, 1.82) is 0 Å². The van der Waals surface area contributed by atoms with Gasteiger partial charge in [0.1, 0.15) is 11.3 Å². The third-order valence-corrected chi connectivity index (χ3v) is 2.26. The fourth-order valence-corrected chi connectivity index (χ4v) is 1.33. The minimum Gasteiger partial charge on any atom is -0.467 e. The van der Waals surface area contributed by atoms with E-state index in [1.807, 2.05) is 0 Å². The van der Waals surface area contributed by atoms with Gasteiger partial charge in [-0.25, -0.2) is 15.0 Å². The molecule has 2 aromatic heterocycles. The molecule has 0 aliphatic heterocycles. The first-order valence-corrected chi connectivity index (χ1v) is 5.22. The van der Waals surface area contributed by atoms with E-state index in [0.29, 0.717) is 17.4 Å². The van der Waals surface area contributed by atoms with Gasteiger partial charge in [0.05, 0.1) is 25.5 Å². The minimum atomic E-state index is 0.264. The Balaban J connectivity index is 2.08. The number of aromatic nitrogens is 4. The fourth-order valence-electron chi connectivity index (χ4n) is 1.17. The third kappa shape index (κ3) is 3.01. The van der Waals surface area contributed by atoms with E-state index in [2.05, 4.69) is 25.3 Å². The Morgan fingerprint density at radius 2 is 2.29 bits per heavy atom. The van der Waals surface area contributed by atoms with E-state index >= 15 is 0 Å². The largest absolute Gasteiger partial charge is 0.467 e. The van der Waals surface area contributed by atoms with Crippen molar-refractivity contribution >= 4 is 17.4 Å². The zero-order chi connectivity index (χ0) is 12.1. The summed E-state index contributed by atoms with van der Waals surface area (Å²) in [5.41, 5.74) is 0.841. The second kappa shape index (κ2) is 5.40. The highest BCUT2D eigenvalue weighted by Crippen LogP contribution is 2.20. The van der Waals surface area contributed by atoms with E-state index in [9.17, 15) is 0 Å². The second-order valence-corrected chi connectivity index (χ2v) is 3.51. The van der Waals surface area contributed by atoms with Crippen LogP contribution in [0.25, 0.3) is 0 Å². The Bertz CT molecular complexity index is 493. The number of rotatable bonds is 4. The molecule has 0 radical (unpaired) electrons. The van der Waals surface area contributed by atoms with Gasteiger partial charge in [0, 0.05) is 6.20 Å². The molecule has 6 nitrogen and oxygen atoms in total. The standard InChI is InChI=1S/C10H10ClN5O/c1-17-10-14-5-8(11)9(16-10)13-4-7-2-3-12-6-15-7/h2-3,5-6H,4H2,1H3,(H,13,14,16).